The van der Waals surface area contributed by atoms with Crippen LogP contribution in [0.5, 0.6) is 0 Å². The van der Waals surface area contributed by atoms with E-state index >= 15 is 0 Å². The number of H-pyrrole nitrogens is 1. The van der Waals surface area contributed by atoms with E-state index in [9.17, 15) is 19.2 Å². The molecule has 1 aromatic heterocycles. The minimum absolute atomic E-state index is 0.00360. The Kier molecular flexibility index (Phi) is 10.00. The first kappa shape index (κ1) is 29.6. The summed E-state index contributed by atoms with van der Waals surface area (Å²) >= 11 is 1.05. The summed E-state index contributed by atoms with van der Waals surface area (Å²) in [6, 6.07) is 7.90. The molecule has 0 aliphatic rings. The average molecular weight is 552 g/mol. The molecule has 3 N–H and O–H groups in total. The van der Waals surface area contributed by atoms with Crippen LogP contribution in [-0.4, -0.2) is 45.3 Å². The van der Waals surface area contributed by atoms with Gasteiger partial charge in [-0.3, -0.25) is 24.2 Å². The summed E-state index contributed by atoms with van der Waals surface area (Å²) in [6.45, 7) is 11.2. The molecule has 11 heteroatoms. The highest BCUT2D eigenvalue weighted by molar-refractivity contribution is 7.99. The molecule has 0 aliphatic carbocycles. The third-order valence-corrected chi connectivity index (χ3v) is 6.76. The number of hydrogen-bond acceptors (Lipinski definition) is 8. The molecule has 0 atom stereocenters. The lowest BCUT2D eigenvalue weighted by atomic mass is 10.1. The van der Waals surface area contributed by atoms with E-state index in [1.165, 1.54) is 0 Å². The Labute approximate surface area is 231 Å². The van der Waals surface area contributed by atoms with Crippen LogP contribution in [-0.2, 0) is 25.5 Å². The number of hydrogen-bond donors (Lipinski definition) is 3. The van der Waals surface area contributed by atoms with Gasteiger partial charge in [0.25, 0.3) is 11.5 Å². The molecule has 0 fully saturated rings. The van der Waals surface area contributed by atoms with Crippen molar-refractivity contribution in [1.82, 2.24) is 15.2 Å². The Hall–Kier alpha value is -3.99. The molecule has 0 spiro atoms. The van der Waals surface area contributed by atoms with Gasteiger partial charge in [0.1, 0.15) is 5.69 Å². The quantitative estimate of drug-likeness (QED) is 0.255. The number of aromatic amines is 1. The van der Waals surface area contributed by atoms with Crippen molar-refractivity contribution in [2.24, 2.45) is 0 Å². The lowest BCUT2D eigenvalue weighted by molar-refractivity contribution is -0.147. The molecule has 3 rings (SSSR count). The summed E-state index contributed by atoms with van der Waals surface area (Å²) in [5.74, 6) is -1.29. The molecule has 0 saturated heterocycles. The lowest BCUT2D eigenvalue weighted by Crippen LogP contribution is -2.23. The topological polar surface area (TPSA) is 143 Å². The number of carbonyl (C=O) groups excluding carboxylic acids is 3. The number of amides is 2. The van der Waals surface area contributed by atoms with Gasteiger partial charge in [0.05, 0.1) is 12.2 Å². The third kappa shape index (κ3) is 8.51. The molecule has 0 bridgehead atoms. The van der Waals surface area contributed by atoms with Crippen molar-refractivity contribution >= 4 is 40.9 Å². The first-order chi connectivity index (χ1) is 18.4. The Bertz CT molecular complexity index is 1420. The molecule has 10 nitrogen and oxygen atoms in total. The summed E-state index contributed by atoms with van der Waals surface area (Å²) < 4.78 is 5.04. The molecule has 206 valence electrons. The fraction of sp³-hybridized carbons (Fsp3) is 0.357. The number of benzene rings is 2. The molecule has 0 saturated carbocycles. The number of anilines is 2. The molecule has 0 aliphatic heterocycles. The molecule has 39 heavy (non-hydrogen) atoms. The Morgan fingerprint density at radius 2 is 1.33 bits per heavy atom. The number of thioether (sulfide) groups is 1. The number of aryl methyl sites for hydroxylation is 7. The summed E-state index contributed by atoms with van der Waals surface area (Å²) in [7, 11) is 0. The standard InChI is InChI=1S/C28H33N5O5S/c1-15-9-17(3)25(18(4)10-15)29-22(34)13-38-24(36)8-7-21-27(37)31-28(33-32-21)39-14-23(35)30-26-19(5)11-16(2)12-20(26)6/h9-12H,7-8,13-14H2,1-6H3,(H,29,34)(H,30,35)(H,31,33,37). The largest absolute Gasteiger partial charge is 0.456 e. The van der Waals surface area contributed by atoms with Crippen molar-refractivity contribution in [2.45, 2.75) is 59.5 Å². The Morgan fingerprint density at radius 1 is 0.821 bits per heavy atom. The van der Waals surface area contributed by atoms with Gasteiger partial charge in [-0.05, 0) is 63.8 Å². The van der Waals surface area contributed by atoms with E-state index in [0.29, 0.717) is 5.69 Å². The van der Waals surface area contributed by atoms with E-state index in [-0.39, 0.29) is 35.4 Å². The molecular formula is C28H33N5O5S. The normalized spacial score (nSPS) is 10.7. The van der Waals surface area contributed by atoms with Gasteiger partial charge < -0.3 is 15.4 Å². The minimum atomic E-state index is -0.638. The van der Waals surface area contributed by atoms with Crippen LogP contribution in [0.4, 0.5) is 11.4 Å². The summed E-state index contributed by atoms with van der Waals surface area (Å²) in [5.41, 5.74) is 7.01. The molecular weight excluding hydrogens is 518 g/mol. The summed E-state index contributed by atoms with van der Waals surface area (Å²) in [5, 5.41) is 13.7. The Balaban J connectivity index is 1.45. The summed E-state index contributed by atoms with van der Waals surface area (Å²) in [6.07, 6.45) is -0.145. The van der Waals surface area contributed by atoms with Gasteiger partial charge in [0, 0.05) is 17.8 Å². The summed E-state index contributed by atoms with van der Waals surface area (Å²) in [4.78, 5) is 51.7. The smallest absolute Gasteiger partial charge is 0.306 e. The number of carbonyl (C=O) groups is 3. The van der Waals surface area contributed by atoms with Gasteiger partial charge in [-0.25, -0.2) is 0 Å². The fourth-order valence-electron chi connectivity index (χ4n) is 4.25. The third-order valence-electron chi connectivity index (χ3n) is 5.90. The zero-order chi connectivity index (χ0) is 28.7. The van der Waals surface area contributed by atoms with Crippen molar-refractivity contribution in [3.8, 4) is 0 Å². The van der Waals surface area contributed by atoms with Crippen molar-refractivity contribution in [2.75, 3.05) is 23.0 Å². The molecule has 0 unspecified atom stereocenters. The van der Waals surface area contributed by atoms with Crippen LogP contribution in [0.25, 0.3) is 0 Å². The number of esters is 1. The van der Waals surface area contributed by atoms with E-state index in [2.05, 4.69) is 25.8 Å². The Morgan fingerprint density at radius 3 is 1.85 bits per heavy atom. The van der Waals surface area contributed by atoms with E-state index in [4.69, 9.17) is 4.74 Å². The predicted octanol–water partition coefficient (Wildman–Crippen LogP) is 3.86. The van der Waals surface area contributed by atoms with Crippen molar-refractivity contribution < 1.29 is 19.1 Å². The minimum Gasteiger partial charge on any atom is -0.456 e. The molecule has 2 amide bonds. The zero-order valence-corrected chi connectivity index (χ0v) is 23.8. The zero-order valence-electron chi connectivity index (χ0n) is 23.0. The van der Waals surface area contributed by atoms with Crippen LogP contribution in [0.1, 0.15) is 45.5 Å². The second-order valence-electron chi connectivity index (χ2n) is 9.50. The molecule has 3 aromatic rings. The number of aromatic nitrogens is 3. The second-order valence-corrected chi connectivity index (χ2v) is 10.5. The van der Waals surface area contributed by atoms with Gasteiger partial charge in [0.15, 0.2) is 11.8 Å². The van der Waals surface area contributed by atoms with E-state index in [1.807, 2.05) is 65.8 Å². The van der Waals surface area contributed by atoms with Gasteiger partial charge in [0.2, 0.25) is 5.91 Å². The first-order valence-corrected chi connectivity index (χ1v) is 13.4. The van der Waals surface area contributed by atoms with Crippen molar-refractivity contribution in [3.05, 3.63) is 73.7 Å². The maximum Gasteiger partial charge on any atom is 0.306 e. The van der Waals surface area contributed by atoms with Crippen LogP contribution in [0.2, 0.25) is 0 Å². The number of nitrogens with zero attached hydrogens (tertiary/aromatic N) is 2. The highest BCUT2D eigenvalue weighted by Crippen LogP contribution is 2.23. The maximum absolute atomic E-state index is 12.4. The van der Waals surface area contributed by atoms with E-state index in [1.54, 1.807) is 0 Å². The monoisotopic (exact) mass is 551 g/mol. The van der Waals surface area contributed by atoms with Gasteiger partial charge in [-0.15, -0.1) is 10.2 Å². The van der Waals surface area contributed by atoms with Crippen LogP contribution in [0.3, 0.4) is 0 Å². The maximum atomic E-state index is 12.4. The SMILES string of the molecule is Cc1cc(C)c(NC(=O)COC(=O)CCc2nnc(SCC(=O)Nc3c(C)cc(C)cc3C)[nH]c2=O)c(C)c1. The van der Waals surface area contributed by atoms with Crippen LogP contribution >= 0.6 is 11.8 Å². The first-order valence-electron chi connectivity index (χ1n) is 12.4. The number of nitrogens with one attached hydrogen (secondary N) is 3. The second kappa shape index (κ2) is 13.2. The lowest BCUT2D eigenvalue weighted by Gasteiger charge is -2.13. The van der Waals surface area contributed by atoms with Gasteiger partial charge in [-0.1, -0.05) is 47.2 Å². The van der Waals surface area contributed by atoms with Crippen LogP contribution in [0, 0.1) is 41.5 Å². The van der Waals surface area contributed by atoms with E-state index < -0.39 is 24.0 Å². The van der Waals surface area contributed by atoms with Gasteiger partial charge >= 0.3 is 5.97 Å². The van der Waals surface area contributed by atoms with Crippen molar-refractivity contribution in [1.29, 1.82) is 0 Å². The highest BCUT2D eigenvalue weighted by atomic mass is 32.2. The van der Waals surface area contributed by atoms with E-state index in [0.717, 1.165) is 50.8 Å². The number of ether oxygens (including phenoxy) is 1. The predicted molar refractivity (Wildman–Crippen MR) is 151 cm³/mol. The number of rotatable bonds is 10. The fourth-order valence-corrected chi connectivity index (χ4v) is 4.86. The van der Waals surface area contributed by atoms with Crippen LogP contribution in [0.15, 0.2) is 34.2 Å². The highest BCUT2D eigenvalue weighted by Gasteiger charge is 2.14. The molecule has 1 heterocycles. The van der Waals surface area contributed by atoms with Gasteiger partial charge in [-0.2, -0.15) is 0 Å². The average Bonchev–Trinajstić information content (AvgIpc) is 2.85. The molecule has 0 radical (unpaired) electrons. The van der Waals surface area contributed by atoms with Crippen LogP contribution < -0.4 is 16.2 Å². The molecule has 2 aromatic carbocycles. The van der Waals surface area contributed by atoms with Crippen molar-refractivity contribution in [3.63, 3.8) is 0 Å².